The molecule has 0 fully saturated rings. The van der Waals surface area contributed by atoms with Crippen molar-refractivity contribution in [3.63, 3.8) is 0 Å². The highest BCUT2D eigenvalue weighted by molar-refractivity contribution is 6.29. The molecule has 0 saturated carbocycles. The fraction of sp³-hybridized carbons (Fsp3) is 0. The van der Waals surface area contributed by atoms with Gasteiger partial charge in [0.2, 0.25) is 0 Å². The Hall–Kier alpha value is -2.28. The number of carboxylic acids is 1. The summed E-state index contributed by atoms with van der Waals surface area (Å²) in [6.45, 7) is 0. The van der Waals surface area contributed by atoms with E-state index in [1.807, 2.05) is 0 Å². The van der Waals surface area contributed by atoms with Crippen molar-refractivity contribution in [1.29, 1.82) is 0 Å². The molecule has 2 aromatic heterocycles. The molecule has 2 aromatic rings. The molecular weight excluding hydrogens is 250 g/mol. The van der Waals surface area contributed by atoms with Gasteiger partial charge in [0.25, 0.3) is 5.91 Å². The number of H-pyrrole nitrogens is 1. The lowest BCUT2D eigenvalue weighted by Gasteiger charge is -1.96. The van der Waals surface area contributed by atoms with Gasteiger partial charge < -0.3 is 14.8 Å². The van der Waals surface area contributed by atoms with Crippen LogP contribution in [0.5, 0.6) is 0 Å². The number of nitrogens with zero attached hydrogens (tertiary/aromatic N) is 1. The van der Waals surface area contributed by atoms with Crippen LogP contribution in [0.4, 0.5) is 5.82 Å². The summed E-state index contributed by atoms with van der Waals surface area (Å²) in [7, 11) is 0. The van der Waals surface area contributed by atoms with Gasteiger partial charge in [-0.3, -0.25) is 9.89 Å². The van der Waals surface area contributed by atoms with Crippen LogP contribution in [-0.4, -0.2) is 27.2 Å². The van der Waals surface area contributed by atoms with Crippen molar-refractivity contribution in [2.24, 2.45) is 0 Å². The number of aromatic amines is 1. The molecule has 3 N–H and O–H groups in total. The van der Waals surface area contributed by atoms with Gasteiger partial charge in [0.15, 0.2) is 16.8 Å². The second-order valence-corrected chi connectivity index (χ2v) is 3.40. The van der Waals surface area contributed by atoms with E-state index in [1.165, 1.54) is 18.2 Å². The minimum Gasteiger partial charge on any atom is -0.477 e. The lowest BCUT2D eigenvalue weighted by Crippen LogP contribution is -2.11. The molecule has 0 aromatic carbocycles. The Morgan fingerprint density at radius 2 is 2.24 bits per heavy atom. The molecule has 0 bridgehead atoms. The average molecular weight is 256 g/mol. The number of nitrogens with one attached hydrogen (secondary N) is 2. The van der Waals surface area contributed by atoms with Crippen LogP contribution >= 0.6 is 11.6 Å². The number of carbonyl (C=O) groups is 2. The Bertz CT molecular complexity index is 574. The molecule has 0 aliphatic carbocycles. The first-order chi connectivity index (χ1) is 8.06. The molecule has 7 nitrogen and oxygen atoms in total. The molecule has 0 aliphatic rings. The molecule has 1 amide bonds. The number of aromatic nitrogens is 2. The van der Waals surface area contributed by atoms with Crippen molar-refractivity contribution < 1.29 is 19.1 Å². The smallest absolute Gasteiger partial charge is 0.353 e. The number of rotatable bonds is 3. The van der Waals surface area contributed by atoms with Crippen molar-refractivity contribution in [2.45, 2.75) is 0 Å². The summed E-state index contributed by atoms with van der Waals surface area (Å²) < 4.78 is 4.87. The fourth-order valence-electron chi connectivity index (χ4n) is 1.11. The van der Waals surface area contributed by atoms with E-state index in [0.29, 0.717) is 0 Å². The Morgan fingerprint density at radius 3 is 2.76 bits per heavy atom. The van der Waals surface area contributed by atoms with E-state index in [-0.39, 0.29) is 22.5 Å². The molecule has 0 saturated heterocycles. The lowest BCUT2D eigenvalue weighted by atomic mass is 10.4. The van der Waals surface area contributed by atoms with Crippen LogP contribution in [0.3, 0.4) is 0 Å². The maximum Gasteiger partial charge on any atom is 0.353 e. The van der Waals surface area contributed by atoms with Crippen LogP contribution in [0.25, 0.3) is 0 Å². The Balaban J connectivity index is 2.10. The zero-order valence-electron chi connectivity index (χ0n) is 8.23. The molecule has 0 aliphatic heterocycles. The van der Waals surface area contributed by atoms with E-state index in [4.69, 9.17) is 21.1 Å². The highest BCUT2D eigenvalue weighted by atomic mass is 35.5. The monoisotopic (exact) mass is 255 g/mol. The summed E-state index contributed by atoms with van der Waals surface area (Å²) in [5, 5.41) is 16.9. The zero-order chi connectivity index (χ0) is 12.4. The van der Waals surface area contributed by atoms with E-state index in [1.54, 1.807) is 0 Å². The van der Waals surface area contributed by atoms with Crippen molar-refractivity contribution in [2.75, 3.05) is 5.32 Å². The van der Waals surface area contributed by atoms with Crippen LogP contribution in [0.15, 0.2) is 22.6 Å². The number of hydrogen-bond acceptors (Lipinski definition) is 4. The van der Waals surface area contributed by atoms with Gasteiger partial charge in [-0.15, -0.1) is 0 Å². The maximum atomic E-state index is 11.5. The number of hydrogen-bond donors (Lipinski definition) is 3. The Kier molecular flexibility index (Phi) is 2.84. The van der Waals surface area contributed by atoms with Crippen LogP contribution < -0.4 is 5.32 Å². The maximum absolute atomic E-state index is 11.5. The molecule has 0 spiro atoms. The minimum atomic E-state index is -1.17. The summed E-state index contributed by atoms with van der Waals surface area (Å²) >= 11 is 5.51. The first kappa shape index (κ1) is 11.2. The molecule has 17 heavy (non-hydrogen) atoms. The topological polar surface area (TPSA) is 108 Å². The molecular formula is C9H6ClN3O4. The van der Waals surface area contributed by atoms with Crippen LogP contribution in [0, 0.1) is 0 Å². The minimum absolute atomic E-state index is 0.00914. The van der Waals surface area contributed by atoms with E-state index in [2.05, 4.69) is 15.5 Å². The van der Waals surface area contributed by atoms with Gasteiger partial charge >= 0.3 is 5.97 Å². The molecule has 2 rings (SSSR count). The second kappa shape index (κ2) is 4.30. The van der Waals surface area contributed by atoms with Gasteiger partial charge in [-0.1, -0.05) is 0 Å². The second-order valence-electron chi connectivity index (χ2n) is 3.03. The van der Waals surface area contributed by atoms with E-state index >= 15 is 0 Å². The fourth-order valence-corrected chi connectivity index (χ4v) is 1.26. The van der Waals surface area contributed by atoms with Gasteiger partial charge in [-0.05, 0) is 23.7 Å². The van der Waals surface area contributed by atoms with Gasteiger partial charge in [0.1, 0.15) is 5.69 Å². The molecule has 0 atom stereocenters. The third kappa shape index (κ3) is 2.45. The Labute approximate surface area is 99.4 Å². The first-order valence-corrected chi connectivity index (χ1v) is 4.79. The molecule has 8 heteroatoms. The van der Waals surface area contributed by atoms with Crippen molar-refractivity contribution in [1.82, 2.24) is 10.2 Å². The number of halogens is 1. The quantitative estimate of drug-likeness (QED) is 0.772. The van der Waals surface area contributed by atoms with Gasteiger partial charge in [-0.25, -0.2) is 4.79 Å². The lowest BCUT2D eigenvalue weighted by molar-refractivity contribution is 0.0690. The summed E-state index contributed by atoms with van der Waals surface area (Å²) in [5.74, 6) is -1.64. The normalized spacial score (nSPS) is 10.2. The van der Waals surface area contributed by atoms with E-state index in [0.717, 1.165) is 0 Å². The number of carboxylic acid groups (broad SMARTS) is 1. The summed E-state index contributed by atoms with van der Waals surface area (Å²) in [6.07, 6.45) is 0. The van der Waals surface area contributed by atoms with Crippen LogP contribution in [0.2, 0.25) is 5.22 Å². The van der Waals surface area contributed by atoms with Gasteiger partial charge in [0.05, 0.1) is 0 Å². The average Bonchev–Trinajstić information content (AvgIpc) is 2.86. The number of furan rings is 1. The summed E-state index contributed by atoms with van der Waals surface area (Å²) in [6, 6.07) is 4.00. The third-order valence-corrected chi connectivity index (χ3v) is 2.05. The predicted octanol–water partition coefficient (Wildman–Crippen LogP) is 1.61. The number of anilines is 1. The Morgan fingerprint density at radius 1 is 1.47 bits per heavy atom. The van der Waals surface area contributed by atoms with Crippen LogP contribution in [0.1, 0.15) is 21.0 Å². The van der Waals surface area contributed by atoms with Crippen LogP contribution in [-0.2, 0) is 0 Å². The van der Waals surface area contributed by atoms with E-state index in [9.17, 15) is 9.59 Å². The SMILES string of the molecule is O=C(O)c1cc(NC(=O)c2ccc(Cl)o2)n[nH]1. The highest BCUT2D eigenvalue weighted by Gasteiger charge is 2.14. The number of carbonyl (C=O) groups excluding carboxylic acids is 1. The van der Waals surface area contributed by atoms with Gasteiger partial charge in [-0.2, -0.15) is 5.10 Å². The van der Waals surface area contributed by atoms with Crippen molar-refractivity contribution in [3.05, 3.63) is 34.9 Å². The molecule has 0 radical (unpaired) electrons. The largest absolute Gasteiger partial charge is 0.477 e. The summed E-state index contributed by atoms with van der Waals surface area (Å²) in [5.41, 5.74) is -0.127. The number of amides is 1. The van der Waals surface area contributed by atoms with Crippen molar-refractivity contribution in [3.8, 4) is 0 Å². The molecule has 2 heterocycles. The summed E-state index contributed by atoms with van der Waals surface area (Å²) in [4.78, 5) is 22.1. The molecule has 0 unspecified atom stereocenters. The number of aromatic carboxylic acids is 1. The van der Waals surface area contributed by atoms with E-state index < -0.39 is 11.9 Å². The standard InChI is InChI=1S/C9H6ClN3O4/c10-6-2-1-5(17-6)8(14)11-7-3-4(9(15)16)12-13-7/h1-3H,(H,15,16)(H2,11,12,13,14). The zero-order valence-corrected chi connectivity index (χ0v) is 8.99. The third-order valence-electron chi connectivity index (χ3n) is 1.85. The molecule has 88 valence electrons. The van der Waals surface area contributed by atoms with Crippen molar-refractivity contribution >= 4 is 29.3 Å². The highest BCUT2D eigenvalue weighted by Crippen LogP contribution is 2.14. The predicted molar refractivity (Wildman–Crippen MR) is 57.2 cm³/mol. The van der Waals surface area contributed by atoms with Gasteiger partial charge in [0, 0.05) is 6.07 Å². The first-order valence-electron chi connectivity index (χ1n) is 4.41.